The first-order valence-corrected chi connectivity index (χ1v) is 11.2. The van der Waals surface area contributed by atoms with Crippen LogP contribution in [-0.4, -0.2) is 25.2 Å². The minimum atomic E-state index is -3.91. The Morgan fingerprint density at radius 1 is 0.900 bits per heavy atom. The standard InChI is InChI=1S/C23H23ClN2O3S/c1-17-7-11-20(12-8-17)25-23(27)16-26(15-19-5-3-4-6-22(19)24)30(28,29)21-13-9-18(2)10-14-21/h3-14H,15-16H2,1-2H3,(H,25,27). The van der Waals surface area contributed by atoms with Gasteiger partial charge in [0.05, 0.1) is 11.4 Å². The van der Waals surface area contributed by atoms with E-state index in [2.05, 4.69) is 5.32 Å². The largest absolute Gasteiger partial charge is 0.325 e. The van der Waals surface area contributed by atoms with E-state index >= 15 is 0 Å². The Kier molecular flexibility index (Phi) is 6.92. The minimum Gasteiger partial charge on any atom is -0.325 e. The van der Waals surface area contributed by atoms with Gasteiger partial charge in [0.15, 0.2) is 0 Å². The van der Waals surface area contributed by atoms with Gasteiger partial charge in [-0.3, -0.25) is 4.79 Å². The van der Waals surface area contributed by atoms with Gasteiger partial charge in [-0.15, -0.1) is 0 Å². The van der Waals surface area contributed by atoms with E-state index < -0.39 is 15.9 Å². The van der Waals surface area contributed by atoms with Crippen molar-refractivity contribution in [3.8, 4) is 0 Å². The fraction of sp³-hybridized carbons (Fsp3) is 0.174. The number of rotatable bonds is 7. The molecule has 7 heteroatoms. The molecular formula is C23H23ClN2O3S. The molecule has 0 atom stereocenters. The normalized spacial score (nSPS) is 11.5. The third-order valence-corrected chi connectivity index (χ3v) is 6.79. The van der Waals surface area contributed by atoms with Gasteiger partial charge in [0, 0.05) is 17.3 Å². The smallest absolute Gasteiger partial charge is 0.243 e. The molecule has 0 radical (unpaired) electrons. The van der Waals surface area contributed by atoms with Gasteiger partial charge in [0.2, 0.25) is 15.9 Å². The Morgan fingerprint density at radius 2 is 1.47 bits per heavy atom. The number of aryl methyl sites for hydroxylation is 2. The lowest BCUT2D eigenvalue weighted by atomic mass is 10.2. The van der Waals surface area contributed by atoms with E-state index in [9.17, 15) is 13.2 Å². The number of benzene rings is 3. The summed E-state index contributed by atoms with van der Waals surface area (Å²) >= 11 is 6.24. The van der Waals surface area contributed by atoms with E-state index in [1.807, 2.05) is 26.0 Å². The Hall–Kier alpha value is -2.67. The van der Waals surface area contributed by atoms with Crippen molar-refractivity contribution in [2.75, 3.05) is 11.9 Å². The van der Waals surface area contributed by atoms with Crippen LogP contribution in [0.2, 0.25) is 5.02 Å². The van der Waals surface area contributed by atoms with Crippen LogP contribution < -0.4 is 5.32 Å². The second kappa shape index (κ2) is 9.43. The molecule has 0 fully saturated rings. The molecule has 1 N–H and O–H groups in total. The number of hydrogen-bond acceptors (Lipinski definition) is 3. The van der Waals surface area contributed by atoms with E-state index in [1.54, 1.807) is 60.7 Å². The molecule has 3 aromatic rings. The molecule has 0 unspecified atom stereocenters. The Balaban J connectivity index is 1.88. The molecule has 0 saturated carbocycles. The topological polar surface area (TPSA) is 66.5 Å². The molecule has 3 aromatic carbocycles. The highest BCUT2D eigenvalue weighted by atomic mass is 35.5. The monoisotopic (exact) mass is 442 g/mol. The van der Waals surface area contributed by atoms with Crippen LogP contribution in [0.15, 0.2) is 77.7 Å². The Morgan fingerprint density at radius 3 is 2.07 bits per heavy atom. The number of hydrogen-bond donors (Lipinski definition) is 1. The number of nitrogens with one attached hydrogen (secondary N) is 1. The lowest BCUT2D eigenvalue weighted by Gasteiger charge is -2.22. The summed E-state index contributed by atoms with van der Waals surface area (Å²) in [4.78, 5) is 12.8. The second-order valence-electron chi connectivity index (χ2n) is 7.09. The van der Waals surface area contributed by atoms with E-state index in [1.165, 1.54) is 0 Å². The molecule has 30 heavy (non-hydrogen) atoms. The maximum absolute atomic E-state index is 13.3. The number of halogens is 1. The molecule has 0 bridgehead atoms. The molecule has 156 valence electrons. The van der Waals surface area contributed by atoms with Gasteiger partial charge in [-0.2, -0.15) is 4.31 Å². The predicted octanol–water partition coefficient (Wildman–Crippen LogP) is 4.79. The zero-order valence-electron chi connectivity index (χ0n) is 16.8. The van der Waals surface area contributed by atoms with Crippen molar-refractivity contribution in [1.82, 2.24) is 4.31 Å². The van der Waals surface area contributed by atoms with Gasteiger partial charge in [-0.05, 0) is 49.7 Å². The summed E-state index contributed by atoms with van der Waals surface area (Å²) in [6.45, 7) is 3.48. The Labute approximate surface area is 182 Å². The van der Waals surface area contributed by atoms with Crippen LogP contribution in [0.25, 0.3) is 0 Å². The zero-order valence-corrected chi connectivity index (χ0v) is 18.4. The zero-order chi connectivity index (χ0) is 21.7. The van der Waals surface area contributed by atoms with Crippen molar-refractivity contribution in [3.05, 3.63) is 94.5 Å². The van der Waals surface area contributed by atoms with Gasteiger partial charge in [-0.1, -0.05) is 65.2 Å². The van der Waals surface area contributed by atoms with Crippen molar-refractivity contribution in [2.45, 2.75) is 25.3 Å². The van der Waals surface area contributed by atoms with Crippen molar-refractivity contribution in [3.63, 3.8) is 0 Å². The predicted molar refractivity (Wildman–Crippen MR) is 120 cm³/mol. The summed E-state index contributed by atoms with van der Waals surface area (Å²) in [6.07, 6.45) is 0. The van der Waals surface area contributed by atoms with E-state index in [0.717, 1.165) is 15.4 Å². The number of anilines is 1. The highest BCUT2D eigenvalue weighted by molar-refractivity contribution is 7.89. The first-order chi connectivity index (χ1) is 14.3. The maximum Gasteiger partial charge on any atom is 0.243 e. The summed E-state index contributed by atoms with van der Waals surface area (Å²) in [7, 11) is -3.91. The first kappa shape index (κ1) is 22.0. The fourth-order valence-corrected chi connectivity index (χ4v) is 4.47. The van der Waals surface area contributed by atoms with E-state index in [0.29, 0.717) is 16.3 Å². The molecule has 0 spiro atoms. The number of nitrogens with zero attached hydrogens (tertiary/aromatic N) is 1. The third-order valence-electron chi connectivity index (χ3n) is 4.62. The fourth-order valence-electron chi connectivity index (χ4n) is 2.90. The van der Waals surface area contributed by atoms with Gasteiger partial charge in [-0.25, -0.2) is 8.42 Å². The van der Waals surface area contributed by atoms with Crippen LogP contribution in [0.1, 0.15) is 16.7 Å². The quantitative estimate of drug-likeness (QED) is 0.572. The maximum atomic E-state index is 13.3. The molecule has 0 aromatic heterocycles. The molecule has 0 heterocycles. The lowest BCUT2D eigenvalue weighted by molar-refractivity contribution is -0.116. The summed E-state index contributed by atoms with van der Waals surface area (Å²) in [5, 5.41) is 3.20. The third kappa shape index (κ3) is 5.48. The SMILES string of the molecule is Cc1ccc(NC(=O)CN(Cc2ccccc2Cl)S(=O)(=O)c2ccc(C)cc2)cc1. The van der Waals surface area contributed by atoms with Crippen LogP contribution in [0.3, 0.4) is 0 Å². The van der Waals surface area contributed by atoms with Crippen LogP contribution in [0.4, 0.5) is 5.69 Å². The van der Waals surface area contributed by atoms with E-state index in [4.69, 9.17) is 11.6 Å². The summed E-state index contributed by atoms with van der Waals surface area (Å²) in [6, 6.07) is 20.8. The van der Waals surface area contributed by atoms with Crippen molar-refractivity contribution in [1.29, 1.82) is 0 Å². The van der Waals surface area contributed by atoms with Crippen LogP contribution >= 0.6 is 11.6 Å². The highest BCUT2D eigenvalue weighted by Crippen LogP contribution is 2.23. The Bertz CT molecular complexity index is 1130. The molecule has 1 amide bonds. The van der Waals surface area contributed by atoms with Gasteiger partial charge < -0.3 is 5.32 Å². The summed E-state index contributed by atoms with van der Waals surface area (Å²) in [5.41, 5.74) is 3.24. The number of sulfonamides is 1. The van der Waals surface area contributed by atoms with Crippen LogP contribution in [-0.2, 0) is 21.4 Å². The van der Waals surface area contributed by atoms with Crippen molar-refractivity contribution >= 4 is 33.2 Å². The minimum absolute atomic E-state index is 0.0167. The first-order valence-electron chi connectivity index (χ1n) is 9.42. The van der Waals surface area contributed by atoms with Gasteiger partial charge in [0.1, 0.15) is 0 Å². The number of carbonyl (C=O) groups excluding carboxylic acids is 1. The molecule has 3 rings (SSSR count). The molecule has 5 nitrogen and oxygen atoms in total. The van der Waals surface area contributed by atoms with Gasteiger partial charge in [0.25, 0.3) is 0 Å². The second-order valence-corrected chi connectivity index (χ2v) is 9.44. The number of carbonyl (C=O) groups is 1. The molecule has 0 aliphatic carbocycles. The number of amides is 1. The van der Waals surface area contributed by atoms with Crippen LogP contribution in [0.5, 0.6) is 0 Å². The van der Waals surface area contributed by atoms with Crippen molar-refractivity contribution in [2.24, 2.45) is 0 Å². The molecule has 0 aliphatic rings. The molecular weight excluding hydrogens is 420 g/mol. The average Bonchev–Trinajstić information content (AvgIpc) is 2.71. The lowest BCUT2D eigenvalue weighted by Crippen LogP contribution is -2.37. The van der Waals surface area contributed by atoms with Crippen LogP contribution in [0, 0.1) is 13.8 Å². The average molecular weight is 443 g/mol. The van der Waals surface area contributed by atoms with E-state index in [-0.39, 0.29) is 18.0 Å². The highest BCUT2D eigenvalue weighted by Gasteiger charge is 2.27. The molecule has 0 aliphatic heterocycles. The molecule has 0 saturated heterocycles. The summed E-state index contributed by atoms with van der Waals surface area (Å²) in [5.74, 6) is -0.429. The van der Waals surface area contributed by atoms with Gasteiger partial charge >= 0.3 is 0 Å². The summed E-state index contributed by atoms with van der Waals surface area (Å²) < 4.78 is 27.7. The van der Waals surface area contributed by atoms with Crippen molar-refractivity contribution < 1.29 is 13.2 Å².